The lowest BCUT2D eigenvalue weighted by molar-refractivity contribution is -0.136. The van der Waals surface area contributed by atoms with Crippen LogP contribution in [-0.4, -0.2) is 32.4 Å². The predicted molar refractivity (Wildman–Crippen MR) is 179 cm³/mol. The Bertz CT molecular complexity index is 1220. The summed E-state index contributed by atoms with van der Waals surface area (Å²) in [6.07, 6.45) is 2.34. The predicted octanol–water partition coefficient (Wildman–Crippen LogP) is 9.10. The summed E-state index contributed by atoms with van der Waals surface area (Å²) in [5.74, 6) is -1.81. The molecular weight excluding hydrogens is 552 g/mol. The van der Waals surface area contributed by atoms with Crippen molar-refractivity contribution in [2.75, 3.05) is 0 Å². The van der Waals surface area contributed by atoms with Gasteiger partial charge < -0.3 is 20.4 Å². The summed E-state index contributed by atoms with van der Waals surface area (Å²) in [5.41, 5.74) is 4.16. The molecule has 6 heteroatoms. The largest absolute Gasteiger partial charge is 0.507 e. The van der Waals surface area contributed by atoms with Crippen LogP contribution in [0.5, 0.6) is 11.5 Å². The van der Waals surface area contributed by atoms with Crippen LogP contribution in [0.25, 0.3) is 0 Å². The van der Waals surface area contributed by atoms with E-state index in [1.165, 1.54) is 0 Å². The summed E-state index contributed by atoms with van der Waals surface area (Å²) >= 11 is 0. The molecule has 0 heterocycles. The van der Waals surface area contributed by atoms with Gasteiger partial charge in [0.15, 0.2) is 0 Å². The quantitative estimate of drug-likeness (QED) is 0.200. The molecular formula is C38H56O6. The van der Waals surface area contributed by atoms with Gasteiger partial charge in [-0.15, -0.1) is 0 Å². The van der Waals surface area contributed by atoms with Crippen LogP contribution in [-0.2, 0) is 44.1 Å². The molecule has 0 atom stereocenters. The van der Waals surface area contributed by atoms with Crippen molar-refractivity contribution in [1.29, 1.82) is 0 Å². The highest BCUT2D eigenvalue weighted by Gasteiger charge is 2.28. The fraction of sp³-hybridized carbons (Fsp3) is 0.579. The molecule has 4 N–H and O–H groups in total. The van der Waals surface area contributed by atoms with Gasteiger partial charge in [0.05, 0.1) is 0 Å². The van der Waals surface area contributed by atoms with Crippen molar-refractivity contribution in [3.8, 4) is 11.5 Å². The van der Waals surface area contributed by atoms with E-state index in [4.69, 9.17) is 0 Å². The summed E-state index contributed by atoms with van der Waals surface area (Å²) in [7, 11) is 0. The van der Waals surface area contributed by atoms with Gasteiger partial charge in [-0.05, 0) is 93.6 Å². The van der Waals surface area contributed by atoms with Crippen LogP contribution >= 0.6 is 0 Å². The van der Waals surface area contributed by atoms with Gasteiger partial charge in [0, 0.05) is 11.1 Å². The Balaban J connectivity index is 2.34. The SMILES string of the molecule is CC(C)(C)c1cc(CCCC(C(=O)O)=C(CCCc2cc(C(C)(C)C)c(O)c(C(C)(C)C)c2)C(=O)O)cc(C(C)(C)C)c1O. The van der Waals surface area contributed by atoms with E-state index < -0.39 is 11.9 Å². The van der Waals surface area contributed by atoms with E-state index >= 15 is 0 Å². The Hall–Kier alpha value is -3.28. The molecule has 0 unspecified atom stereocenters. The van der Waals surface area contributed by atoms with Gasteiger partial charge in [-0.25, -0.2) is 9.59 Å². The minimum Gasteiger partial charge on any atom is -0.507 e. The summed E-state index contributed by atoms with van der Waals surface area (Å²) < 4.78 is 0. The molecule has 0 radical (unpaired) electrons. The maximum atomic E-state index is 12.3. The number of benzene rings is 2. The molecule has 0 aliphatic heterocycles. The Labute approximate surface area is 265 Å². The second-order valence-corrected chi connectivity index (χ2v) is 16.4. The first kappa shape index (κ1) is 36.9. The van der Waals surface area contributed by atoms with E-state index in [2.05, 4.69) is 83.1 Å². The molecule has 0 saturated heterocycles. The van der Waals surface area contributed by atoms with E-state index in [0.717, 1.165) is 33.4 Å². The second-order valence-electron chi connectivity index (χ2n) is 16.4. The van der Waals surface area contributed by atoms with Gasteiger partial charge in [0.25, 0.3) is 0 Å². The van der Waals surface area contributed by atoms with Gasteiger partial charge >= 0.3 is 11.9 Å². The number of phenols is 2. The van der Waals surface area contributed by atoms with Crippen LogP contribution in [0.2, 0.25) is 0 Å². The summed E-state index contributed by atoms with van der Waals surface area (Å²) in [5, 5.41) is 42.1. The van der Waals surface area contributed by atoms with Gasteiger partial charge in [-0.3, -0.25) is 0 Å². The molecule has 2 aromatic rings. The molecule has 44 heavy (non-hydrogen) atoms. The van der Waals surface area contributed by atoms with Crippen LogP contribution < -0.4 is 0 Å². The number of aromatic hydroxyl groups is 2. The Morgan fingerprint density at radius 2 is 0.727 bits per heavy atom. The second kappa shape index (κ2) is 13.4. The number of carboxylic acids is 2. The van der Waals surface area contributed by atoms with E-state index in [0.29, 0.717) is 37.2 Å². The minimum absolute atomic E-state index is 0.0557. The van der Waals surface area contributed by atoms with Gasteiger partial charge in [0.1, 0.15) is 11.5 Å². The molecule has 0 spiro atoms. The van der Waals surface area contributed by atoms with Gasteiger partial charge in [-0.2, -0.15) is 0 Å². The molecule has 0 aliphatic rings. The molecule has 0 amide bonds. The molecule has 0 fully saturated rings. The Kier molecular flexibility index (Phi) is 11.2. The number of phenolic OH excluding ortho intramolecular Hbond substituents is 2. The van der Waals surface area contributed by atoms with Crippen LogP contribution in [0, 0.1) is 0 Å². The monoisotopic (exact) mass is 608 g/mol. The van der Waals surface area contributed by atoms with Crippen LogP contribution in [0.15, 0.2) is 35.4 Å². The van der Waals surface area contributed by atoms with Crippen molar-refractivity contribution in [2.45, 2.75) is 143 Å². The molecule has 0 aromatic heterocycles. The maximum absolute atomic E-state index is 12.3. The van der Waals surface area contributed by atoms with Crippen molar-refractivity contribution in [1.82, 2.24) is 0 Å². The molecule has 2 aromatic carbocycles. The third kappa shape index (κ3) is 9.36. The topological polar surface area (TPSA) is 115 Å². The zero-order valence-corrected chi connectivity index (χ0v) is 29.2. The van der Waals surface area contributed by atoms with Crippen molar-refractivity contribution < 1.29 is 30.0 Å². The molecule has 0 aliphatic carbocycles. The fourth-order valence-electron chi connectivity index (χ4n) is 5.68. The minimum atomic E-state index is -1.20. The first-order valence-electron chi connectivity index (χ1n) is 15.8. The van der Waals surface area contributed by atoms with Gasteiger partial charge in [-0.1, -0.05) is 107 Å². The van der Waals surface area contributed by atoms with Crippen LogP contribution in [0.4, 0.5) is 0 Å². The fourth-order valence-corrected chi connectivity index (χ4v) is 5.68. The van der Waals surface area contributed by atoms with Gasteiger partial charge in [0.2, 0.25) is 0 Å². The molecule has 0 saturated carbocycles. The first-order chi connectivity index (χ1) is 19.9. The number of rotatable bonds is 10. The lowest BCUT2D eigenvalue weighted by Crippen LogP contribution is -2.18. The normalized spacial score (nSPS) is 13.5. The molecule has 2 rings (SSSR count). The first-order valence-corrected chi connectivity index (χ1v) is 15.8. The number of carbonyl (C=O) groups is 2. The van der Waals surface area contributed by atoms with E-state index in [1.54, 1.807) is 0 Å². The average molecular weight is 609 g/mol. The summed E-state index contributed by atoms with van der Waals surface area (Å²) in [6, 6.07) is 7.95. The zero-order valence-electron chi connectivity index (χ0n) is 29.2. The highest BCUT2D eigenvalue weighted by Crippen LogP contribution is 2.41. The van der Waals surface area contributed by atoms with Crippen molar-refractivity contribution in [3.05, 3.63) is 68.8 Å². The smallest absolute Gasteiger partial charge is 0.332 e. The molecule has 6 nitrogen and oxygen atoms in total. The lowest BCUT2D eigenvalue weighted by Gasteiger charge is -2.28. The number of aryl methyl sites for hydroxylation is 2. The zero-order chi connectivity index (χ0) is 34.0. The number of carboxylic acid groups (broad SMARTS) is 2. The van der Waals surface area contributed by atoms with Crippen molar-refractivity contribution >= 4 is 11.9 Å². The van der Waals surface area contributed by atoms with Crippen LogP contribution in [0.1, 0.15) is 142 Å². The number of hydrogen-bond donors (Lipinski definition) is 4. The third-order valence-corrected chi connectivity index (χ3v) is 8.24. The highest BCUT2D eigenvalue weighted by molar-refractivity contribution is 5.98. The number of hydrogen-bond acceptors (Lipinski definition) is 4. The van der Waals surface area contributed by atoms with E-state index in [1.807, 2.05) is 24.3 Å². The maximum Gasteiger partial charge on any atom is 0.332 e. The lowest BCUT2D eigenvalue weighted by atomic mass is 9.78. The van der Waals surface area contributed by atoms with E-state index in [-0.39, 0.29) is 45.6 Å². The number of aliphatic carboxylic acids is 2. The van der Waals surface area contributed by atoms with Crippen LogP contribution in [0.3, 0.4) is 0 Å². The highest BCUT2D eigenvalue weighted by atomic mass is 16.4. The van der Waals surface area contributed by atoms with E-state index in [9.17, 15) is 30.0 Å². The summed E-state index contributed by atoms with van der Waals surface area (Å²) in [6.45, 7) is 24.6. The van der Waals surface area contributed by atoms with Crippen molar-refractivity contribution in [2.24, 2.45) is 0 Å². The summed E-state index contributed by atoms with van der Waals surface area (Å²) in [4.78, 5) is 24.6. The third-order valence-electron chi connectivity index (χ3n) is 8.24. The Morgan fingerprint density at radius 1 is 0.500 bits per heavy atom. The Morgan fingerprint density at radius 3 is 0.909 bits per heavy atom. The van der Waals surface area contributed by atoms with Crippen molar-refractivity contribution in [3.63, 3.8) is 0 Å². The standard InChI is InChI=1S/C38H56O6/c1-35(2,3)27-19-23(20-28(31(27)39)36(4,5)6)15-13-17-25(33(41)42)26(34(43)44)18-14-16-24-21-29(37(7,8)9)32(40)30(22-24)38(10,11)12/h19-22,39-40H,13-18H2,1-12H3,(H,41,42)(H,43,44). The molecule has 244 valence electrons. The average Bonchev–Trinajstić information content (AvgIpc) is 2.83. The molecule has 0 bridgehead atoms.